The maximum atomic E-state index is 14.0. The summed E-state index contributed by atoms with van der Waals surface area (Å²) < 4.78 is 22.1. The average Bonchev–Trinajstić information content (AvgIpc) is 2.54. The second-order valence-electron chi connectivity index (χ2n) is 6.48. The number of hydrogen-bond acceptors (Lipinski definition) is 3. The van der Waals surface area contributed by atoms with Crippen LogP contribution in [-0.4, -0.2) is 16.2 Å². The van der Waals surface area contributed by atoms with Gasteiger partial charge in [-0.1, -0.05) is 23.9 Å². The molecule has 0 amide bonds. The van der Waals surface area contributed by atoms with Gasteiger partial charge in [-0.25, -0.2) is 14.4 Å². The Morgan fingerprint density at radius 2 is 2.09 bits per heavy atom. The molecule has 0 aliphatic heterocycles. The molecule has 1 heterocycles. The van der Waals surface area contributed by atoms with Crippen LogP contribution in [-0.2, 0) is 25.7 Å². The van der Waals surface area contributed by atoms with Gasteiger partial charge >= 0.3 is 0 Å². The summed E-state index contributed by atoms with van der Waals surface area (Å²) in [5.41, 5.74) is 4.28. The van der Waals surface area contributed by atoms with E-state index in [1.165, 1.54) is 11.8 Å². The van der Waals surface area contributed by atoms with E-state index in [9.17, 15) is 4.39 Å². The predicted molar refractivity (Wildman–Crippen MR) is 86.7 cm³/mol. The number of hydrogen-bond donors (Lipinski definition) is 0. The largest absolute Gasteiger partial charge is 0.231 e. The van der Waals surface area contributed by atoms with Crippen molar-refractivity contribution < 1.29 is 5.76 Å². The third-order valence-electron chi connectivity index (χ3n) is 5.18. The highest BCUT2D eigenvalue weighted by molar-refractivity contribution is 7.98. The third kappa shape index (κ3) is 2.34. The normalized spacial score (nSPS) is 23.8. The van der Waals surface area contributed by atoms with Crippen molar-refractivity contribution in [1.29, 1.82) is 0 Å². The van der Waals surface area contributed by atoms with E-state index in [2.05, 4.69) is 16.0 Å². The maximum Gasteiger partial charge on any atom is 0.187 e. The summed E-state index contributed by atoms with van der Waals surface area (Å²) in [5, 5.41) is 0.688. The summed E-state index contributed by atoms with van der Waals surface area (Å²) in [5.74, 6) is -0.0611. The Hall–Kier alpha value is -1.42. The van der Waals surface area contributed by atoms with Crippen LogP contribution in [0, 0.1) is 11.2 Å². The summed E-state index contributed by atoms with van der Waals surface area (Å²) in [6, 6.07) is 5.45. The molecular weight excluding hydrogens is 295 g/mol. The molecule has 1 aromatic heterocycles. The Morgan fingerprint density at radius 3 is 2.95 bits per heavy atom. The SMILES string of the molecule is [2H]c1nc(SC)nc2c1CCC1(CCc3c(F)cccc3C1)C2. The lowest BCUT2D eigenvalue weighted by molar-refractivity contribution is 0.204. The fraction of sp³-hybridized carbons (Fsp3) is 0.444. The fourth-order valence-electron chi connectivity index (χ4n) is 3.95. The first-order valence-corrected chi connectivity index (χ1v) is 8.99. The molecule has 0 fully saturated rings. The number of aromatic nitrogens is 2. The third-order valence-corrected chi connectivity index (χ3v) is 5.73. The molecule has 0 N–H and O–H groups in total. The van der Waals surface area contributed by atoms with Gasteiger partial charge in [-0.3, -0.25) is 0 Å². The number of halogens is 1. The number of benzene rings is 1. The summed E-state index contributed by atoms with van der Waals surface area (Å²) in [7, 11) is 0. The highest BCUT2D eigenvalue weighted by atomic mass is 32.2. The average molecular weight is 315 g/mol. The molecule has 0 radical (unpaired) electrons. The Bertz CT molecular complexity index is 780. The standard InChI is InChI=1S/C18H19FN2S/c1-22-17-20-11-13-5-7-18(10-16(13)21-17)8-6-14-12(9-18)3-2-4-15(14)19/h2-4,11H,5-10H2,1H3/i11D. The van der Waals surface area contributed by atoms with Crippen LogP contribution in [0.1, 0.15) is 36.6 Å². The van der Waals surface area contributed by atoms with Gasteiger partial charge in [0.15, 0.2) is 5.16 Å². The molecule has 0 saturated heterocycles. The first kappa shape index (κ1) is 13.1. The van der Waals surface area contributed by atoms with Gasteiger partial charge in [-0.15, -0.1) is 0 Å². The monoisotopic (exact) mass is 315 g/mol. The van der Waals surface area contributed by atoms with Gasteiger partial charge in [0.2, 0.25) is 0 Å². The van der Waals surface area contributed by atoms with Gasteiger partial charge < -0.3 is 0 Å². The highest BCUT2D eigenvalue weighted by Crippen LogP contribution is 2.45. The molecule has 2 nitrogen and oxygen atoms in total. The molecule has 1 aromatic carbocycles. The summed E-state index contributed by atoms with van der Waals surface area (Å²) in [4.78, 5) is 8.93. The van der Waals surface area contributed by atoms with Gasteiger partial charge in [-0.2, -0.15) is 0 Å². The number of nitrogens with zero attached hydrogens (tertiary/aromatic N) is 2. The lowest BCUT2D eigenvalue weighted by Crippen LogP contribution is -2.35. The molecule has 0 bridgehead atoms. The Labute approximate surface area is 136 Å². The summed E-state index contributed by atoms with van der Waals surface area (Å²) in [6.45, 7) is 0. The second-order valence-corrected chi connectivity index (χ2v) is 7.25. The Morgan fingerprint density at radius 1 is 1.23 bits per heavy atom. The Kier molecular flexibility index (Phi) is 3.17. The topological polar surface area (TPSA) is 25.8 Å². The van der Waals surface area contributed by atoms with Crippen LogP contribution in [0.2, 0.25) is 0 Å². The summed E-state index contributed by atoms with van der Waals surface area (Å²) >= 11 is 1.49. The number of rotatable bonds is 1. The lowest BCUT2D eigenvalue weighted by atomic mass is 9.63. The van der Waals surface area contributed by atoms with Crippen molar-refractivity contribution in [3.63, 3.8) is 0 Å². The van der Waals surface area contributed by atoms with Crippen molar-refractivity contribution in [1.82, 2.24) is 9.97 Å². The van der Waals surface area contributed by atoms with Crippen molar-refractivity contribution in [2.24, 2.45) is 5.41 Å². The van der Waals surface area contributed by atoms with E-state index in [0.717, 1.165) is 60.9 Å². The molecule has 2 aliphatic carbocycles. The van der Waals surface area contributed by atoms with Crippen LogP contribution in [0.5, 0.6) is 0 Å². The molecule has 1 spiro atoms. The van der Waals surface area contributed by atoms with Crippen LogP contribution in [0.25, 0.3) is 0 Å². The molecule has 0 saturated carbocycles. The van der Waals surface area contributed by atoms with Gasteiger partial charge in [0, 0.05) is 11.9 Å². The van der Waals surface area contributed by atoms with Crippen molar-refractivity contribution in [2.45, 2.75) is 43.7 Å². The van der Waals surface area contributed by atoms with Gasteiger partial charge in [-0.05, 0) is 73.0 Å². The zero-order chi connectivity index (χ0) is 16.0. The zero-order valence-corrected chi connectivity index (χ0v) is 13.5. The van der Waals surface area contributed by atoms with Crippen LogP contribution in [0.3, 0.4) is 0 Å². The van der Waals surface area contributed by atoms with Crippen molar-refractivity contribution in [3.8, 4) is 0 Å². The zero-order valence-electron chi connectivity index (χ0n) is 13.7. The van der Waals surface area contributed by atoms with Crippen LogP contribution in [0.15, 0.2) is 29.5 Å². The minimum Gasteiger partial charge on any atom is -0.231 e. The minimum atomic E-state index is -0.0611. The van der Waals surface area contributed by atoms with E-state index < -0.39 is 0 Å². The predicted octanol–water partition coefficient (Wildman–Crippen LogP) is 4.00. The van der Waals surface area contributed by atoms with E-state index in [1.54, 1.807) is 6.07 Å². The molecule has 1 unspecified atom stereocenters. The number of thioether (sulfide) groups is 1. The van der Waals surface area contributed by atoms with Gasteiger partial charge in [0.1, 0.15) is 5.82 Å². The van der Waals surface area contributed by atoms with Crippen LogP contribution in [0.4, 0.5) is 4.39 Å². The second kappa shape index (κ2) is 5.34. The van der Waals surface area contributed by atoms with Crippen molar-refractivity contribution >= 4 is 11.8 Å². The van der Waals surface area contributed by atoms with E-state index >= 15 is 0 Å². The van der Waals surface area contributed by atoms with E-state index in [0.29, 0.717) is 11.3 Å². The first-order valence-electron chi connectivity index (χ1n) is 8.27. The molecule has 4 heteroatoms. The van der Waals surface area contributed by atoms with Crippen LogP contribution < -0.4 is 0 Å². The first-order chi connectivity index (χ1) is 11.1. The fourth-order valence-corrected chi connectivity index (χ4v) is 4.29. The minimum absolute atomic E-state index is 0.0611. The molecule has 22 heavy (non-hydrogen) atoms. The lowest BCUT2D eigenvalue weighted by Gasteiger charge is -2.41. The Balaban J connectivity index is 1.69. The van der Waals surface area contributed by atoms with Gasteiger partial charge in [0.05, 0.1) is 1.37 Å². The van der Waals surface area contributed by atoms with E-state index in [4.69, 9.17) is 1.37 Å². The van der Waals surface area contributed by atoms with Crippen molar-refractivity contribution in [3.05, 3.63) is 52.6 Å². The highest BCUT2D eigenvalue weighted by Gasteiger charge is 2.38. The smallest absolute Gasteiger partial charge is 0.187 e. The molecule has 2 aliphatic rings. The van der Waals surface area contributed by atoms with Crippen LogP contribution >= 0.6 is 11.8 Å². The molecule has 114 valence electrons. The molecule has 2 aromatic rings. The molecule has 4 rings (SSSR count). The number of fused-ring (bicyclic) bond motifs is 2. The summed E-state index contributed by atoms with van der Waals surface area (Å²) in [6.07, 6.45) is 7.87. The van der Waals surface area contributed by atoms with E-state index in [-0.39, 0.29) is 11.2 Å². The maximum absolute atomic E-state index is 14.0. The quantitative estimate of drug-likeness (QED) is 0.587. The van der Waals surface area contributed by atoms with Crippen molar-refractivity contribution in [2.75, 3.05) is 6.26 Å². The van der Waals surface area contributed by atoms with E-state index in [1.807, 2.05) is 12.3 Å². The van der Waals surface area contributed by atoms with Gasteiger partial charge in [0.25, 0.3) is 0 Å². The molecule has 1 atom stereocenters. The molecular formula is C18H19FN2S.